The molecule has 1 fully saturated rings. The summed E-state index contributed by atoms with van der Waals surface area (Å²) in [5.41, 5.74) is 0. The van der Waals surface area contributed by atoms with E-state index in [1.807, 2.05) is 30.3 Å². The first-order valence-electron chi connectivity index (χ1n) is 7.75. The highest BCUT2D eigenvalue weighted by atomic mass is 16.5. The van der Waals surface area contributed by atoms with Crippen molar-refractivity contribution >= 4 is 5.91 Å². The van der Waals surface area contributed by atoms with Crippen molar-refractivity contribution in [2.24, 2.45) is 5.92 Å². The van der Waals surface area contributed by atoms with E-state index < -0.39 is 0 Å². The van der Waals surface area contributed by atoms with Crippen molar-refractivity contribution in [2.75, 3.05) is 6.61 Å². The molecule has 1 amide bonds. The molecule has 1 aliphatic carbocycles. The van der Waals surface area contributed by atoms with E-state index in [-0.39, 0.29) is 12.5 Å². The summed E-state index contributed by atoms with van der Waals surface area (Å²) in [6, 6.07) is 9.81. The minimum Gasteiger partial charge on any atom is -0.484 e. The number of para-hydroxylation sites is 1. The summed E-state index contributed by atoms with van der Waals surface area (Å²) in [5.74, 6) is 1.61. The number of nitrogens with one attached hydrogen (secondary N) is 1. The standard InChI is InChI=1S/C17H25NO2/c1-2-6-14-9-11-15(12-10-14)18-17(19)13-20-16-7-4-3-5-8-16/h3-5,7-8,14-15H,2,6,9-13H2,1H3,(H,18,19). The fraction of sp³-hybridized carbons (Fsp3) is 0.588. The average Bonchev–Trinajstić information content (AvgIpc) is 2.49. The molecule has 0 aromatic heterocycles. The van der Waals surface area contributed by atoms with Gasteiger partial charge in [-0.3, -0.25) is 4.79 Å². The smallest absolute Gasteiger partial charge is 0.258 e. The Bertz CT molecular complexity index is 397. The number of carbonyl (C=O) groups is 1. The quantitative estimate of drug-likeness (QED) is 0.862. The molecule has 0 bridgehead atoms. The molecule has 1 aromatic rings. The van der Waals surface area contributed by atoms with Gasteiger partial charge in [-0.2, -0.15) is 0 Å². The summed E-state index contributed by atoms with van der Waals surface area (Å²) in [6.45, 7) is 2.35. The van der Waals surface area contributed by atoms with Crippen LogP contribution in [0.3, 0.4) is 0 Å². The Hall–Kier alpha value is -1.51. The van der Waals surface area contributed by atoms with E-state index in [1.165, 1.54) is 25.7 Å². The number of hydrogen-bond donors (Lipinski definition) is 1. The molecule has 0 aliphatic heterocycles. The van der Waals surface area contributed by atoms with Crippen molar-refractivity contribution in [2.45, 2.75) is 51.5 Å². The number of benzene rings is 1. The number of rotatable bonds is 6. The van der Waals surface area contributed by atoms with E-state index in [4.69, 9.17) is 4.74 Å². The lowest BCUT2D eigenvalue weighted by molar-refractivity contribution is -0.124. The first-order valence-corrected chi connectivity index (χ1v) is 7.75. The van der Waals surface area contributed by atoms with Gasteiger partial charge in [0.1, 0.15) is 5.75 Å². The summed E-state index contributed by atoms with van der Waals surface area (Å²) in [5, 5.41) is 3.09. The van der Waals surface area contributed by atoms with Crippen LogP contribution in [0.2, 0.25) is 0 Å². The molecule has 1 saturated carbocycles. The highest BCUT2D eigenvalue weighted by molar-refractivity contribution is 5.77. The van der Waals surface area contributed by atoms with E-state index >= 15 is 0 Å². The third-order valence-corrected chi connectivity index (χ3v) is 4.02. The van der Waals surface area contributed by atoms with Gasteiger partial charge in [-0.05, 0) is 43.7 Å². The maximum Gasteiger partial charge on any atom is 0.258 e. The third-order valence-electron chi connectivity index (χ3n) is 4.02. The monoisotopic (exact) mass is 275 g/mol. The van der Waals surface area contributed by atoms with Crippen LogP contribution in [0.25, 0.3) is 0 Å². The molecule has 3 heteroatoms. The average molecular weight is 275 g/mol. The van der Waals surface area contributed by atoms with Crippen LogP contribution in [0.15, 0.2) is 30.3 Å². The summed E-state index contributed by atoms with van der Waals surface area (Å²) < 4.78 is 5.46. The SMILES string of the molecule is CCCC1CCC(NC(=O)COc2ccccc2)CC1. The van der Waals surface area contributed by atoms with Gasteiger partial charge in [0.25, 0.3) is 5.91 Å². The number of amides is 1. The van der Waals surface area contributed by atoms with E-state index in [2.05, 4.69) is 12.2 Å². The van der Waals surface area contributed by atoms with Crippen LogP contribution in [0.1, 0.15) is 45.4 Å². The lowest BCUT2D eigenvalue weighted by Crippen LogP contribution is -2.40. The predicted molar refractivity (Wildman–Crippen MR) is 80.7 cm³/mol. The number of hydrogen-bond acceptors (Lipinski definition) is 2. The Morgan fingerprint density at radius 2 is 1.90 bits per heavy atom. The van der Waals surface area contributed by atoms with E-state index in [0.717, 1.165) is 24.5 Å². The molecule has 1 aromatic carbocycles. The molecule has 3 nitrogen and oxygen atoms in total. The molecule has 110 valence electrons. The molecule has 1 aliphatic rings. The molecule has 2 rings (SSSR count). The van der Waals surface area contributed by atoms with E-state index in [0.29, 0.717) is 6.04 Å². The lowest BCUT2D eigenvalue weighted by atomic mass is 9.83. The van der Waals surface area contributed by atoms with Gasteiger partial charge < -0.3 is 10.1 Å². The third kappa shape index (κ3) is 4.87. The predicted octanol–water partition coefficient (Wildman–Crippen LogP) is 3.54. The van der Waals surface area contributed by atoms with Crippen LogP contribution in [0, 0.1) is 5.92 Å². The molecule has 0 saturated heterocycles. The normalized spacial score (nSPS) is 22.2. The van der Waals surface area contributed by atoms with Crippen molar-refractivity contribution in [3.63, 3.8) is 0 Å². The second-order valence-corrected chi connectivity index (χ2v) is 5.68. The minimum atomic E-state index is -0.00667. The molecule has 1 N–H and O–H groups in total. The molecular weight excluding hydrogens is 250 g/mol. The Kier molecular flexibility index (Phi) is 5.90. The number of carbonyl (C=O) groups excluding carboxylic acids is 1. The zero-order valence-corrected chi connectivity index (χ0v) is 12.3. The maximum absolute atomic E-state index is 11.9. The van der Waals surface area contributed by atoms with Crippen molar-refractivity contribution in [3.8, 4) is 5.75 Å². The Labute approximate surface area is 121 Å². The highest BCUT2D eigenvalue weighted by Crippen LogP contribution is 2.27. The van der Waals surface area contributed by atoms with Gasteiger partial charge in [0.05, 0.1) is 0 Å². The fourth-order valence-corrected chi connectivity index (χ4v) is 2.94. The van der Waals surface area contributed by atoms with Gasteiger partial charge in [0.15, 0.2) is 6.61 Å². The van der Waals surface area contributed by atoms with Crippen LogP contribution in [0.4, 0.5) is 0 Å². The minimum absolute atomic E-state index is 0.00667. The van der Waals surface area contributed by atoms with Crippen molar-refractivity contribution in [1.29, 1.82) is 0 Å². The van der Waals surface area contributed by atoms with Gasteiger partial charge in [0, 0.05) is 6.04 Å². The van der Waals surface area contributed by atoms with Crippen LogP contribution in [-0.2, 0) is 4.79 Å². The van der Waals surface area contributed by atoms with Gasteiger partial charge in [-0.15, -0.1) is 0 Å². The fourth-order valence-electron chi connectivity index (χ4n) is 2.94. The second kappa shape index (κ2) is 7.93. The Morgan fingerprint density at radius 1 is 1.20 bits per heavy atom. The van der Waals surface area contributed by atoms with E-state index in [1.54, 1.807) is 0 Å². The van der Waals surface area contributed by atoms with Crippen molar-refractivity contribution in [1.82, 2.24) is 5.32 Å². The topological polar surface area (TPSA) is 38.3 Å². The molecule has 0 radical (unpaired) electrons. The zero-order chi connectivity index (χ0) is 14.2. The van der Waals surface area contributed by atoms with Gasteiger partial charge in [-0.25, -0.2) is 0 Å². The Morgan fingerprint density at radius 3 is 2.55 bits per heavy atom. The first-order chi connectivity index (χ1) is 9.78. The summed E-state index contributed by atoms with van der Waals surface area (Å²) >= 11 is 0. The van der Waals surface area contributed by atoms with Crippen LogP contribution >= 0.6 is 0 Å². The molecule has 0 atom stereocenters. The molecule has 0 unspecified atom stereocenters. The van der Waals surface area contributed by atoms with Crippen molar-refractivity contribution < 1.29 is 9.53 Å². The number of ether oxygens (including phenoxy) is 1. The van der Waals surface area contributed by atoms with Gasteiger partial charge in [-0.1, -0.05) is 38.0 Å². The lowest BCUT2D eigenvalue weighted by Gasteiger charge is -2.28. The maximum atomic E-state index is 11.9. The second-order valence-electron chi connectivity index (χ2n) is 5.68. The van der Waals surface area contributed by atoms with Crippen molar-refractivity contribution in [3.05, 3.63) is 30.3 Å². The van der Waals surface area contributed by atoms with E-state index in [9.17, 15) is 4.79 Å². The Balaban J connectivity index is 1.65. The molecule has 0 spiro atoms. The summed E-state index contributed by atoms with van der Waals surface area (Å²) in [4.78, 5) is 11.9. The van der Waals surface area contributed by atoms with Gasteiger partial charge >= 0.3 is 0 Å². The zero-order valence-electron chi connectivity index (χ0n) is 12.3. The van der Waals surface area contributed by atoms with Crippen LogP contribution in [-0.4, -0.2) is 18.6 Å². The van der Waals surface area contributed by atoms with Crippen LogP contribution < -0.4 is 10.1 Å². The highest BCUT2D eigenvalue weighted by Gasteiger charge is 2.21. The summed E-state index contributed by atoms with van der Waals surface area (Å²) in [7, 11) is 0. The molecule has 20 heavy (non-hydrogen) atoms. The van der Waals surface area contributed by atoms with Crippen LogP contribution in [0.5, 0.6) is 5.75 Å². The molecular formula is C17H25NO2. The first kappa shape index (κ1) is 14.9. The largest absolute Gasteiger partial charge is 0.484 e. The van der Waals surface area contributed by atoms with Gasteiger partial charge in [0.2, 0.25) is 0 Å². The molecule has 0 heterocycles. The summed E-state index contributed by atoms with van der Waals surface area (Å²) in [6.07, 6.45) is 7.32.